The summed E-state index contributed by atoms with van der Waals surface area (Å²) < 4.78 is 16.7. The summed E-state index contributed by atoms with van der Waals surface area (Å²) in [5.41, 5.74) is 0. The van der Waals surface area contributed by atoms with Crippen LogP contribution in [0, 0.1) is 0 Å². The van der Waals surface area contributed by atoms with Gasteiger partial charge in [0.1, 0.15) is 13.2 Å². The molecule has 6 heteroatoms. The van der Waals surface area contributed by atoms with Crippen LogP contribution in [0.3, 0.4) is 0 Å². The van der Waals surface area contributed by atoms with Gasteiger partial charge in [-0.3, -0.25) is 14.4 Å². The Bertz CT molecular complexity index is 1130. The molecule has 0 aromatic rings. The molecular weight excluding hydrogens is 733 g/mol. The van der Waals surface area contributed by atoms with Crippen molar-refractivity contribution in [2.75, 3.05) is 13.2 Å². The molecule has 0 bridgehead atoms. The molecule has 1 unspecified atom stereocenters. The monoisotopic (exact) mass is 823 g/mol. The highest BCUT2D eigenvalue weighted by atomic mass is 16.6. The van der Waals surface area contributed by atoms with E-state index in [1.807, 2.05) is 0 Å². The van der Waals surface area contributed by atoms with Gasteiger partial charge < -0.3 is 14.2 Å². The van der Waals surface area contributed by atoms with E-state index < -0.39 is 6.10 Å². The lowest BCUT2D eigenvalue weighted by atomic mass is 10.1. The SMILES string of the molecule is CC/C=C\C/C=C\C/C=C\CCCCCCCCCCCC(=O)OCC(COC(=O)CCCCCCC/C=C\CCCC)OC(=O)CCCCC/C=C\C=C/CCCC. The first-order valence-electron chi connectivity index (χ1n) is 24.5. The quantitative estimate of drug-likeness (QED) is 0.0200. The largest absolute Gasteiger partial charge is 0.462 e. The van der Waals surface area contributed by atoms with Gasteiger partial charge in [0.15, 0.2) is 6.10 Å². The summed E-state index contributed by atoms with van der Waals surface area (Å²) in [5, 5.41) is 0. The summed E-state index contributed by atoms with van der Waals surface area (Å²) in [6, 6.07) is 0. The van der Waals surface area contributed by atoms with E-state index in [0.29, 0.717) is 19.3 Å². The van der Waals surface area contributed by atoms with E-state index in [1.54, 1.807) is 0 Å². The Morgan fingerprint density at radius 1 is 0.373 bits per heavy atom. The number of rotatable bonds is 43. The second kappa shape index (κ2) is 47.5. The van der Waals surface area contributed by atoms with E-state index in [9.17, 15) is 14.4 Å². The molecule has 0 aromatic heterocycles. The first-order valence-corrected chi connectivity index (χ1v) is 24.5. The first-order chi connectivity index (χ1) is 29.0. The number of unbranched alkanes of at least 4 members (excludes halogenated alkanes) is 21. The van der Waals surface area contributed by atoms with Crippen LogP contribution in [-0.2, 0) is 28.6 Å². The number of hydrogen-bond donors (Lipinski definition) is 0. The van der Waals surface area contributed by atoms with Crippen molar-refractivity contribution >= 4 is 17.9 Å². The Labute approximate surface area is 363 Å². The van der Waals surface area contributed by atoms with Crippen LogP contribution < -0.4 is 0 Å². The molecule has 0 aromatic carbocycles. The van der Waals surface area contributed by atoms with E-state index in [1.165, 1.54) is 89.9 Å². The fourth-order valence-corrected chi connectivity index (χ4v) is 6.47. The zero-order chi connectivity index (χ0) is 43.0. The molecular formula is C53H90O6. The van der Waals surface area contributed by atoms with Crippen molar-refractivity contribution in [1.82, 2.24) is 0 Å². The van der Waals surface area contributed by atoms with Crippen LogP contribution in [0.2, 0.25) is 0 Å². The zero-order valence-corrected chi connectivity index (χ0v) is 38.5. The van der Waals surface area contributed by atoms with Gasteiger partial charge in [0.25, 0.3) is 0 Å². The van der Waals surface area contributed by atoms with Crippen molar-refractivity contribution < 1.29 is 28.6 Å². The molecule has 0 N–H and O–H groups in total. The Hall–Kier alpha value is -3.15. The van der Waals surface area contributed by atoms with Crippen molar-refractivity contribution in [1.29, 1.82) is 0 Å². The van der Waals surface area contributed by atoms with Crippen molar-refractivity contribution in [3.63, 3.8) is 0 Å². The molecule has 0 rings (SSSR count). The Balaban J connectivity index is 4.35. The minimum Gasteiger partial charge on any atom is -0.462 e. The number of carbonyl (C=O) groups excluding carboxylic acids is 3. The van der Waals surface area contributed by atoms with Crippen molar-refractivity contribution in [3.05, 3.63) is 72.9 Å². The Morgan fingerprint density at radius 2 is 0.712 bits per heavy atom. The van der Waals surface area contributed by atoms with Crippen LogP contribution in [0.15, 0.2) is 72.9 Å². The maximum absolute atomic E-state index is 12.7. The van der Waals surface area contributed by atoms with Crippen molar-refractivity contribution in [2.24, 2.45) is 0 Å². The van der Waals surface area contributed by atoms with Gasteiger partial charge >= 0.3 is 17.9 Å². The number of esters is 3. The van der Waals surface area contributed by atoms with Crippen molar-refractivity contribution in [2.45, 2.75) is 232 Å². The second-order valence-corrected chi connectivity index (χ2v) is 16.0. The Kier molecular flexibility index (Phi) is 45.0. The lowest BCUT2D eigenvalue weighted by molar-refractivity contribution is -0.167. The van der Waals surface area contributed by atoms with Gasteiger partial charge in [-0.1, -0.05) is 190 Å². The molecule has 0 saturated carbocycles. The van der Waals surface area contributed by atoms with Gasteiger partial charge in [0.05, 0.1) is 0 Å². The summed E-state index contributed by atoms with van der Waals surface area (Å²) in [5.74, 6) is -0.938. The molecule has 338 valence electrons. The second-order valence-electron chi connectivity index (χ2n) is 16.0. The fourth-order valence-electron chi connectivity index (χ4n) is 6.47. The van der Waals surface area contributed by atoms with Crippen LogP contribution in [0.25, 0.3) is 0 Å². The molecule has 0 radical (unpaired) electrons. The molecule has 6 nitrogen and oxygen atoms in total. The van der Waals surface area contributed by atoms with Gasteiger partial charge in [0, 0.05) is 19.3 Å². The zero-order valence-electron chi connectivity index (χ0n) is 38.5. The van der Waals surface area contributed by atoms with Crippen molar-refractivity contribution in [3.8, 4) is 0 Å². The molecule has 0 aliphatic heterocycles. The lowest BCUT2D eigenvalue weighted by Crippen LogP contribution is -2.30. The summed E-state index contributed by atoms with van der Waals surface area (Å²) in [7, 11) is 0. The number of carbonyl (C=O) groups is 3. The maximum atomic E-state index is 12.7. The normalized spacial score (nSPS) is 12.7. The van der Waals surface area contributed by atoms with Gasteiger partial charge in [-0.2, -0.15) is 0 Å². The predicted octanol–water partition coefficient (Wildman–Crippen LogP) is 15.9. The third kappa shape index (κ3) is 45.8. The number of hydrogen-bond acceptors (Lipinski definition) is 6. The molecule has 1 atom stereocenters. The summed E-state index contributed by atoms with van der Waals surface area (Å²) in [6.07, 6.45) is 58.9. The van der Waals surface area contributed by atoms with E-state index in [4.69, 9.17) is 14.2 Å². The number of ether oxygens (including phenoxy) is 3. The van der Waals surface area contributed by atoms with E-state index in [2.05, 4.69) is 93.7 Å². The molecule has 0 amide bonds. The first kappa shape index (κ1) is 55.9. The molecule has 0 aliphatic rings. The molecule has 0 aliphatic carbocycles. The number of allylic oxidation sites excluding steroid dienone is 12. The molecule has 59 heavy (non-hydrogen) atoms. The summed E-state index contributed by atoms with van der Waals surface area (Å²) in [6.45, 7) is 6.39. The maximum Gasteiger partial charge on any atom is 0.306 e. The third-order valence-electron chi connectivity index (χ3n) is 10.2. The highest BCUT2D eigenvalue weighted by Gasteiger charge is 2.19. The van der Waals surface area contributed by atoms with Gasteiger partial charge in [-0.05, 0) is 89.9 Å². The highest BCUT2D eigenvalue weighted by Crippen LogP contribution is 2.14. The fraction of sp³-hybridized carbons (Fsp3) is 0.717. The van der Waals surface area contributed by atoms with Crippen LogP contribution in [-0.4, -0.2) is 37.2 Å². The van der Waals surface area contributed by atoms with Crippen LogP contribution in [0.1, 0.15) is 226 Å². The van der Waals surface area contributed by atoms with Gasteiger partial charge in [-0.15, -0.1) is 0 Å². The molecule has 0 spiro atoms. The van der Waals surface area contributed by atoms with E-state index in [-0.39, 0.29) is 31.1 Å². The smallest absolute Gasteiger partial charge is 0.306 e. The molecule has 0 saturated heterocycles. The summed E-state index contributed by atoms with van der Waals surface area (Å²) in [4.78, 5) is 37.8. The van der Waals surface area contributed by atoms with Gasteiger partial charge in [0.2, 0.25) is 0 Å². The lowest BCUT2D eigenvalue weighted by Gasteiger charge is -2.18. The molecule has 0 heterocycles. The van der Waals surface area contributed by atoms with Crippen LogP contribution in [0.4, 0.5) is 0 Å². The topological polar surface area (TPSA) is 78.9 Å². The van der Waals surface area contributed by atoms with Gasteiger partial charge in [-0.25, -0.2) is 0 Å². The minimum absolute atomic E-state index is 0.0922. The summed E-state index contributed by atoms with van der Waals surface area (Å²) >= 11 is 0. The molecule has 0 fully saturated rings. The third-order valence-corrected chi connectivity index (χ3v) is 10.2. The highest BCUT2D eigenvalue weighted by molar-refractivity contribution is 5.71. The van der Waals surface area contributed by atoms with E-state index >= 15 is 0 Å². The standard InChI is InChI=1S/C53H90O6/c1-4-7-10-13-16-19-22-23-24-25-26-27-28-29-32-34-37-40-43-46-52(55)58-49-50(59-53(56)47-44-41-38-35-31-21-18-15-12-9-6-3)48-57-51(54)45-42-39-36-33-30-20-17-14-11-8-5-2/h7,10,14-19,21,23-24,31,50H,4-6,8-9,11-13,20,22,25-30,32-49H2,1-3H3/b10-7-,17-14-,18-15-,19-16-,24-23-,31-21-. The van der Waals surface area contributed by atoms with E-state index in [0.717, 1.165) is 96.3 Å². The predicted molar refractivity (Wildman–Crippen MR) is 251 cm³/mol. The average Bonchev–Trinajstić information content (AvgIpc) is 3.23. The van der Waals surface area contributed by atoms with Crippen LogP contribution in [0.5, 0.6) is 0 Å². The average molecular weight is 823 g/mol. The Morgan fingerprint density at radius 3 is 1.19 bits per heavy atom. The van der Waals surface area contributed by atoms with Crippen LogP contribution >= 0.6 is 0 Å². The minimum atomic E-state index is -0.792.